The van der Waals surface area contributed by atoms with Crippen molar-refractivity contribution in [2.75, 3.05) is 19.0 Å². The summed E-state index contributed by atoms with van der Waals surface area (Å²) in [5, 5.41) is 2.21. The van der Waals surface area contributed by atoms with Gasteiger partial charge in [0, 0.05) is 12.2 Å². The molecule has 3 N–H and O–H groups in total. The normalized spacial score (nSPS) is 9.86. The number of anilines is 1. The molecule has 0 aliphatic heterocycles. The maximum Gasteiger partial charge on any atom is 0.254 e. The van der Waals surface area contributed by atoms with Crippen LogP contribution in [-0.4, -0.2) is 19.1 Å². The summed E-state index contributed by atoms with van der Waals surface area (Å²) >= 11 is 0. The number of benzene rings is 1. The third-order valence-electron chi connectivity index (χ3n) is 1.62. The predicted octanol–water partition coefficient (Wildman–Crippen LogP) is 1.11. The summed E-state index contributed by atoms with van der Waals surface area (Å²) in [6.07, 6.45) is 0. The lowest BCUT2D eigenvalue weighted by Gasteiger charge is -2.04. The maximum atomic E-state index is 13.1. The molecule has 5 heteroatoms. The maximum absolute atomic E-state index is 13.1. The second-order valence-electron chi connectivity index (χ2n) is 2.68. The van der Waals surface area contributed by atoms with E-state index < -0.39 is 18.4 Å². The van der Waals surface area contributed by atoms with E-state index in [0.717, 1.165) is 6.07 Å². The molecule has 1 aromatic rings. The Hall–Kier alpha value is -1.65. The summed E-state index contributed by atoms with van der Waals surface area (Å²) in [5.41, 5.74) is 5.40. The van der Waals surface area contributed by atoms with Crippen LogP contribution < -0.4 is 11.1 Å². The summed E-state index contributed by atoms with van der Waals surface area (Å²) in [6.45, 7) is -0.801. The van der Waals surface area contributed by atoms with Crippen LogP contribution in [0.5, 0.6) is 0 Å². The van der Waals surface area contributed by atoms with Gasteiger partial charge < -0.3 is 11.1 Å². The van der Waals surface area contributed by atoms with Gasteiger partial charge in [0.05, 0.1) is 5.56 Å². The predicted molar refractivity (Wildman–Crippen MR) is 49.1 cm³/mol. The molecule has 0 radical (unpaired) electrons. The second kappa shape index (κ2) is 4.55. The van der Waals surface area contributed by atoms with E-state index in [0.29, 0.717) is 0 Å². The first-order valence-electron chi connectivity index (χ1n) is 4.04. The molecule has 0 fully saturated rings. The van der Waals surface area contributed by atoms with Crippen molar-refractivity contribution < 1.29 is 13.6 Å². The van der Waals surface area contributed by atoms with E-state index in [-0.39, 0.29) is 17.8 Å². The average molecular weight is 200 g/mol. The molecule has 0 atom stereocenters. The van der Waals surface area contributed by atoms with Crippen LogP contribution in [0.15, 0.2) is 18.2 Å². The van der Waals surface area contributed by atoms with Crippen LogP contribution in [0.4, 0.5) is 14.5 Å². The van der Waals surface area contributed by atoms with Crippen LogP contribution >= 0.6 is 0 Å². The Balaban J connectivity index is 2.80. The Labute approximate surface area is 79.9 Å². The van der Waals surface area contributed by atoms with Gasteiger partial charge in [-0.05, 0) is 18.2 Å². The van der Waals surface area contributed by atoms with E-state index in [2.05, 4.69) is 5.32 Å². The Morgan fingerprint density at radius 3 is 2.79 bits per heavy atom. The third-order valence-corrected chi connectivity index (χ3v) is 1.62. The van der Waals surface area contributed by atoms with E-state index in [4.69, 9.17) is 5.73 Å². The fourth-order valence-corrected chi connectivity index (χ4v) is 0.972. The van der Waals surface area contributed by atoms with Gasteiger partial charge in [0.15, 0.2) is 0 Å². The van der Waals surface area contributed by atoms with Gasteiger partial charge in [-0.15, -0.1) is 0 Å². The van der Waals surface area contributed by atoms with E-state index in [1.54, 1.807) is 0 Å². The van der Waals surface area contributed by atoms with E-state index in [1.165, 1.54) is 12.1 Å². The highest BCUT2D eigenvalue weighted by molar-refractivity contribution is 5.94. The number of nitrogens with two attached hydrogens (primary N) is 1. The van der Waals surface area contributed by atoms with Gasteiger partial charge in [0.2, 0.25) is 0 Å². The standard InChI is InChI=1S/C9H10F2N2O/c10-3-4-13-9(14)7-2-1-6(12)5-8(7)11/h1-2,5H,3-4,12H2,(H,13,14). The van der Waals surface area contributed by atoms with Crippen LogP contribution in [0.3, 0.4) is 0 Å². The topological polar surface area (TPSA) is 55.1 Å². The molecule has 0 aromatic heterocycles. The molecular formula is C9H10F2N2O. The molecule has 1 rings (SSSR count). The molecule has 0 heterocycles. The van der Waals surface area contributed by atoms with Crippen LogP contribution in [0.25, 0.3) is 0 Å². The summed E-state index contributed by atoms with van der Waals surface area (Å²) in [6, 6.07) is 3.72. The van der Waals surface area contributed by atoms with Gasteiger partial charge in [-0.2, -0.15) is 0 Å². The zero-order chi connectivity index (χ0) is 10.6. The number of rotatable bonds is 3. The highest BCUT2D eigenvalue weighted by Crippen LogP contribution is 2.11. The van der Waals surface area contributed by atoms with Gasteiger partial charge in [0.1, 0.15) is 12.5 Å². The van der Waals surface area contributed by atoms with Crippen LogP contribution in [0, 0.1) is 5.82 Å². The van der Waals surface area contributed by atoms with Crippen molar-refractivity contribution in [1.82, 2.24) is 5.32 Å². The fourth-order valence-electron chi connectivity index (χ4n) is 0.972. The Bertz CT molecular complexity index is 342. The summed E-state index contributed by atoms with van der Waals surface area (Å²) in [7, 11) is 0. The number of halogens is 2. The summed E-state index contributed by atoms with van der Waals surface area (Å²) in [5.74, 6) is -1.35. The van der Waals surface area contributed by atoms with Gasteiger partial charge in [-0.1, -0.05) is 0 Å². The number of nitrogen functional groups attached to an aromatic ring is 1. The largest absolute Gasteiger partial charge is 0.399 e. The molecule has 1 aromatic carbocycles. The molecule has 1 amide bonds. The quantitative estimate of drug-likeness (QED) is 0.718. The van der Waals surface area contributed by atoms with Gasteiger partial charge in [0.25, 0.3) is 5.91 Å². The van der Waals surface area contributed by atoms with Crippen molar-refractivity contribution in [3.8, 4) is 0 Å². The number of hydrogen-bond donors (Lipinski definition) is 2. The SMILES string of the molecule is Nc1ccc(C(=O)NCCF)c(F)c1. The first kappa shape index (κ1) is 10.4. The van der Waals surface area contributed by atoms with Crippen LogP contribution in [-0.2, 0) is 0 Å². The lowest BCUT2D eigenvalue weighted by molar-refractivity contribution is 0.0947. The summed E-state index contributed by atoms with van der Waals surface area (Å²) in [4.78, 5) is 11.2. The highest BCUT2D eigenvalue weighted by Gasteiger charge is 2.10. The fraction of sp³-hybridized carbons (Fsp3) is 0.222. The first-order chi connectivity index (χ1) is 6.65. The number of hydrogen-bond acceptors (Lipinski definition) is 2. The number of nitrogens with one attached hydrogen (secondary N) is 1. The van der Waals surface area contributed by atoms with Crippen molar-refractivity contribution in [1.29, 1.82) is 0 Å². The zero-order valence-corrected chi connectivity index (χ0v) is 7.39. The van der Waals surface area contributed by atoms with E-state index in [1.807, 2.05) is 0 Å². The van der Waals surface area contributed by atoms with Gasteiger partial charge in [-0.3, -0.25) is 4.79 Å². The Kier molecular flexibility index (Phi) is 3.39. The molecule has 0 spiro atoms. The second-order valence-corrected chi connectivity index (χ2v) is 2.68. The minimum absolute atomic E-state index is 0.122. The molecule has 14 heavy (non-hydrogen) atoms. The lowest BCUT2D eigenvalue weighted by atomic mass is 10.2. The van der Waals surface area contributed by atoms with E-state index in [9.17, 15) is 13.6 Å². The number of amides is 1. The van der Waals surface area contributed by atoms with Crippen molar-refractivity contribution in [2.45, 2.75) is 0 Å². The third kappa shape index (κ3) is 2.42. The molecule has 0 aliphatic rings. The Morgan fingerprint density at radius 2 is 2.21 bits per heavy atom. The molecule has 0 saturated heterocycles. The number of alkyl halides is 1. The molecule has 0 aliphatic carbocycles. The van der Waals surface area contributed by atoms with Crippen molar-refractivity contribution in [2.24, 2.45) is 0 Å². The average Bonchev–Trinajstić information content (AvgIpc) is 2.14. The minimum Gasteiger partial charge on any atom is -0.399 e. The first-order valence-corrected chi connectivity index (χ1v) is 4.04. The van der Waals surface area contributed by atoms with Gasteiger partial charge in [-0.25, -0.2) is 8.78 Å². The van der Waals surface area contributed by atoms with Gasteiger partial charge >= 0.3 is 0 Å². The van der Waals surface area contributed by atoms with Crippen molar-refractivity contribution >= 4 is 11.6 Å². The number of carbonyl (C=O) groups is 1. The Morgan fingerprint density at radius 1 is 1.50 bits per heavy atom. The van der Waals surface area contributed by atoms with Crippen molar-refractivity contribution in [3.63, 3.8) is 0 Å². The van der Waals surface area contributed by atoms with E-state index >= 15 is 0 Å². The lowest BCUT2D eigenvalue weighted by Crippen LogP contribution is -2.26. The van der Waals surface area contributed by atoms with Crippen molar-refractivity contribution in [3.05, 3.63) is 29.6 Å². The zero-order valence-electron chi connectivity index (χ0n) is 7.39. The molecule has 0 saturated carbocycles. The molecule has 0 bridgehead atoms. The smallest absolute Gasteiger partial charge is 0.254 e. The molecule has 76 valence electrons. The molecule has 0 unspecified atom stereocenters. The molecule has 3 nitrogen and oxygen atoms in total. The molecular weight excluding hydrogens is 190 g/mol. The monoisotopic (exact) mass is 200 g/mol. The number of carbonyl (C=O) groups excluding carboxylic acids is 1. The van der Waals surface area contributed by atoms with Crippen LogP contribution in [0.1, 0.15) is 10.4 Å². The van der Waals surface area contributed by atoms with Crippen LogP contribution in [0.2, 0.25) is 0 Å². The minimum atomic E-state index is -0.707. The summed E-state index contributed by atoms with van der Waals surface area (Å²) < 4.78 is 24.8. The highest BCUT2D eigenvalue weighted by atomic mass is 19.1.